The van der Waals surface area contributed by atoms with E-state index in [1.807, 2.05) is 19.9 Å². The lowest BCUT2D eigenvalue weighted by molar-refractivity contribution is -0.141. The van der Waals surface area contributed by atoms with E-state index >= 15 is 0 Å². The molecule has 1 aliphatic heterocycles. The summed E-state index contributed by atoms with van der Waals surface area (Å²) >= 11 is 0. The highest BCUT2D eigenvalue weighted by atomic mass is 31.2. The fourth-order valence-corrected chi connectivity index (χ4v) is 4.03. The average Bonchev–Trinajstić information content (AvgIpc) is 3.13. The second-order valence-corrected chi connectivity index (χ2v) is 8.77. The zero-order valence-electron chi connectivity index (χ0n) is 18.2. The standard InChI is InChI=1S/C22H29O8P/c1-13(11-15(21(24)25)7-5-6-10-31(27)29-4)8-9-16-19(23)18-17(12-30-22(18)26)14(2)20(16)28-3/h5-6,8,15,23,27H,7,9-12H2,1-4H3,(H,24,25)/b6-5+,13-8+. The lowest BCUT2D eigenvalue weighted by atomic mass is 9.93. The van der Waals surface area contributed by atoms with E-state index in [4.69, 9.17) is 14.0 Å². The van der Waals surface area contributed by atoms with Crippen molar-refractivity contribution in [2.75, 3.05) is 20.4 Å². The van der Waals surface area contributed by atoms with Crippen LogP contribution >= 0.6 is 8.38 Å². The number of carbonyl (C=O) groups excluding carboxylic acids is 1. The van der Waals surface area contributed by atoms with Crippen molar-refractivity contribution >= 4 is 20.3 Å². The third kappa shape index (κ3) is 6.06. The fraction of sp³-hybridized carbons (Fsp3) is 0.455. The number of phenols is 1. The van der Waals surface area contributed by atoms with Gasteiger partial charge in [-0.1, -0.05) is 23.8 Å². The van der Waals surface area contributed by atoms with Crippen LogP contribution in [0.1, 0.15) is 46.8 Å². The molecule has 0 saturated heterocycles. The van der Waals surface area contributed by atoms with Crippen molar-refractivity contribution < 1.29 is 38.7 Å². The van der Waals surface area contributed by atoms with Gasteiger partial charge in [0.15, 0.2) is 8.38 Å². The van der Waals surface area contributed by atoms with Crippen molar-refractivity contribution in [1.82, 2.24) is 0 Å². The monoisotopic (exact) mass is 452 g/mol. The number of fused-ring (bicyclic) bond motifs is 1. The highest BCUT2D eigenvalue weighted by Crippen LogP contribution is 2.42. The van der Waals surface area contributed by atoms with Gasteiger partial charge in [0.25, 0.3) is 0 Å². The van der Waals surface area contributed by atoms with E-state index in [9.17, 15) is 24.7 Å². The van der Waals surface area contributed by atoms with E-state index in [1.165, 1.54) is 14.2 Å². The number of allylic oxidation sites excluding steroid dienone is 4. The van der Waals surface area contributed by atoms with Crippen molar-refractivity contribution in [1.29, 1.82) is 0 Å². The van der Waals surface area contributed by atoms with Crippen molar-refractivity contribution in [2.24, 2.45) is 5.92 Å². The van der Waals surface area contributed by atoms with Crippen LogP contribution in [-0.4, -0.2) is 47.4 Å². The molecule has 2 unspecified atom stereocenters. The van der Waals surface area contributed by atoms with Crippen LogP contribution in [0.3, 0.4) is 0 Å². The number of phenolic OH excluding ortho intramolecular Hbond substituents is 1. The summed E-state index contributed by atoms with van der Waals surface area (Å²) in [5, 5.41) is 20.2. The SMILES string of the molecule is COc1c(C)c2c(c(O)c1C/C=C(\C)CC(C/C=C/CP(O)OC)C(=O)O)C(=O)OC2. The summed E-state index contributed by atoms with van der Waals surface area (Å²) in [4.78, 5) is 33.0. The molecule has 1 aromatic rings. The first-order valence-electron chi connectivity index (χ1n) is 9.83. The maximum Gasteiger partial charge on any atom is 0.342 e. The fourth-order valence-electron chi connectivity index (χ4n) is 3.55. The minimum absolute atomic E-state index is 0.107. The van der Waals surface area contributed by atoms with Crippen LogP contribution in [-0.2, 0) is 27.1 Å². The number of carboxylic acids is 1. The predicted molar refractivity (Wildman–Crippen MR) is 116 cm³/mol. The quantitative estimate of drug-likeness (QED) is 0.263. The number of benzene rings is 1. The van der Waals surface area contributed by atoms with Crippen molar-refractivity contribution in [3.63, 3.8) is 0 Å². The second kappa shape index (κ2) is 11.3. The molecule has 0 saturated carbocycles. The van der Waals surface area contributed by atoms with Crippen LogP contribution in [0, 0.1) is 12.8 Å². The largest absolute Gasteiger partial charge is 0.507 e. The Kier molecular flexibility index (Phi) is 9.04. The molecule has 1 heterocycles. The molecule has 2 atom stereocenters. The van der Waals surface area contributed by atoms with E-state index in [0.717, 1.165) is 11.1 Å². The van der Waals surface area contributed by atoms with Gasteiger partial charge in [0, 0.05) is 24.4 Å². The second-order valence-electron chi connectivity index (χ2n) is 7.33. The van der Waals surface area contributed by atoms with Gasteiger partial charge in [0.1, 0.15) is 23.7 Å². The van der Waals surface area contributed by atoms with Gasteiger partial charge in [-0.05, 0) is 38.7 Å². The number of cyclic esters (lactones) is 1. The van der Waals surface area contributed by atoms with Gasteiger partial charge in [0.2, 0.25) is 0 Å². The number of rotatable bonds is 11. The van der Waals surface area contributed by atoms with Gasteiger partial charge in [-0.3, -0.25) is 4.79 Å². The Bertz CT molecular complexity index is 890. The maximum atomic E-state index is 12.0. The summed E-state index contributed by atoms with van der Waals surface area (Å²) < 4.78 is 15.3. The number of ether oxygens (including phenoxy) is 2. The third-order valence-corrected chi connectivity index (χ3v) is 6.22. The van der Waals surface area contributed by atoms with Gasteiger partial charge >= 0.3 is 11.9 Å². The molecule has 0 fully saturated rings. The predicted octanol–water partition coefficient (Wildman–Crippen LogP) is 3.86. The molecule has 0 amide bonds. The molecule has 31 heavy (non-hydrogen) atoms. The highest BCUT2D eigenvalue weighted by Gasteiger charge is 2.31. The van der Waals surface area contributed by atoms with Crippen molar-refractivity contribution in [3.8, 4) is 11.5 Å². The number of hydrogen-bond acceptors (Lipinski definition) is 7. The molecule has 170 valence electrons. The first-order chi connectivity index (χ1) is 14.7. The van der Waals surface area contributed by atoms with Crippen LogP contribution in [0.2, 0.25) is 0 Å². The Morgan fingerprint density at radius 1 is 1.32 bits per heavy atom. The Labute approximate surface area is 183 Å². The summed E-state index contributed by atoms with van der Waals surface area (Å²) in [6, 6.07) is 0. The Morgan fingerprint density at radius 2 is 2.03 bits per heavy atom. The van der Waals surface area contributed by atoms with Gasteiger partial charge in [0.05, 0.1) is 13.0 Å². The Balaban J connectivity index is 2.15. The maximum absolute atomic E-state index is 12.0. The summed E-state index contributed by atoms with van der Waals surface area (Å²) in [5.74, 6) is -1.74. The zero-order valence-corrected chi connectivity index (χ0v) is 19.1. The smallest absolute Gasteiger partial charge is 0.342 e. The van der Waals surface area contributed by atoms with E-state index in [0.29, 0.717) is 35.9 Å². The van der Waals surface area contributed by atoms with Crippen LogP contribution in [0.4, 0.5) is 0 Å². The molecule has 9 heteroatoms. The average molecular weight is 452 g/mol. The summed E-state index contributed by atoms with van der Waals surface area (Å²) in [6.07, 6.45) is 6.58. The van der Waals surface area contributed by atoms with Crippen LogP contribution in [0.15, 0.2) is 23.8 Å². The molecular weight excluding hydrogens is 423 g/mol. The minimum Gasteiger partial charge on any atom is -0.507 e. The molecule has 1 aliphatic rings. The first-order valence-corrected chi connectivity index (χ1v) is 11.2. The molecule has 0 aliphatic carbocycles. The number of esters is 1. The third-order valence-electron chi connectivity index (χ3n) is 5.28. The molecule has 2 rings (SSSR count). The molecule has 8 nitrogen and oxygen atoms in total. The number of carbonyl (C=O) groups is 2. The Morgan fingerprint density at radius 3 is 2.65 bits per heavy atom. The normalized spacial score (nSPS) is 15.6. The summed E-state index contributed by atoms with van der Waals surface area (Å²) in [6.45, 7) is 3.75. The molecule has 0 radical (unpaired) electrons. The van der Waals surface area contributed by atoms with Crippen LogP contribution < -0.4 is 4.74 Å². The van der Waals surface area contributed by atoms with Gasteiger partial charge in [-0.25, -0.2) is 4.79 Å². The Hall–Kier alpha value is -2.41. The van der Waals surface area contributed by atoms with Crippen molar-refractivity contribution in [3.05, 3.63) is 46.1 Å². The number of aliphatic carboxylic acids is 1. The molecule has 0 spiro atoms. The summed E-state index contributed by atoms with van der Waals surface area (Å²) in [7, 11) is 1.42. The van der Waals surface area contributed by atoms with Gasteiger partial charge in [-0.2, -0.15) is 0 Å². The number of aromatic hydroxyl groups is 1. The van der Waals surface area contributed by atoms with Crippen LogP contribution in [0.25, 0.3) is 0 Å². The van der Waals surface area contributed by atoms with Crippen molar-refractivity contribution in [2.45, 2.75) is 39.7 Å². The van der Waals surface area contributed by atoms with E-state index in [-0.39, 0.29) is 24.3 Å². The number of carboxylic acid groups (broad SMARTS) is 1. The number of hydrogen-bond donors (Lipinski definition) is 3. The number of methoxy groups -OCH3 is 1. The van der Waals surface area contributed by atoms with Crippen LogP contribution in [0.5, 0.6) is 11.5 Å². The minimum atomic E-state index is -1.50. The molecule has 0 aromatic heterocycles. The van der Waals surface area contributed by atoms with Gasteiger partial charge in [-0.15, -0.1) is 0 Å². The molecule has 3 N–H and O–H groups in total. The van der Waals surface area contributed by atoms with E-state index in [2.05, 4.69) is 0 Å². The van der Waals surface area contributed by atoms with Gasteiger partial charge < -0.3 is 29.1 Å². The summed E-state index contributed by atoms with van der Waals surface area (Å²) in [5.41, 5.74) is 2.86. The topological polar surface area (TPSA) is 123 Å². The zero-order chi connectivity index (χ0) is 23.1. The highest BCUT2D eigenvalue weighted by molar-refractivity contribution is 7.46. The lowest BCUT2D eigenvalue weighted by Crippen LogP contribution is -2.13. The van der Waals surface area contributed by atoms with E-state index < -0.39 is 26.2 Å². The molecule has 1 aromatic carbocycles. The van der Waals surface area contributed by atoms with E-state index in [1.54, 1.807) is 12.2 Å². The molecule has 0 bridgehead atoms. The lowest BCUT2D eigenvalue weighted by Gasteiger charge is -2.16. The first kappa shape index (κ1) is 24.9. The molecular formula is C22H29O8P.